The summed E-state index contributed by atoms with van der Waals surface area (Å²) in [6.45, 7) is 7.41. The quantitative estimate of drug-likeness (QED) is 0.633. The van der Waals surface area contributed by atoms with Gasteiger partial charge < -0.3 is 23.7 Å². The van der Waals surface area contributed by atoms with Crippen molar-refractivity contribution in [1.82, 2.24) is 0 Å². The van der Waals surface area contributed by atoms with Gasteiger partial charge in [0.1, 0.15) is 12.7 Å². The topological polar surface area (TPSA) is 63.2 Å². The molecule has 3 fully saturated rings. The molecule has 3 saturated heterocycles. The summed E-state index contributed by atoms with van der Waals surface area (Å²) < 4.78 is 27.9. The molecule has 1 spiro atoms. The molecule has 0 aliphatic carbocycles. The van der Waals surface area contributed by atoms with Crippen LogP contribution in [0.4, 0.5) is 0 Å². The fourth-order valence-corrected chi connectivity index (χ4v) is 2.60. The number of ketones is 1. The minimum absolute atomic E-state index is 0.0891. The normalized spacial score (nSPS) is 45.4. The van der Waals surface area contributed by atoms with Gasteiger partial charge in [-0.1, -0.05) is 0 Å². The molecule has 0 aromatic heterocycles. The third-order valence-electron chi connectivity index (χ3n) is 3.32. The molecule has 3 aliphatic rings. The van der Waals surface area contributed by atoms with Gasteiger partial charge in [0.05, 0.1) is 6.61 Å². The Labute approximate surface area is 105 Å². The van der Waals surface area contributed by atoms with E-state index in [1.807, 2.05) is 0 Å². The molecule has 3 rings (SSSR count). The van der Waals surface area contributed by atoms with E-state index in [1.165, 1.54) is 0 Å². The number of hydrogen-bond donors (Lipinski definition) is 0. The lowest BCUT2D eigenvalue weighted by molar-refractivity contribution is -0.263. The largest absolute Gasteiger partial charge is 0.344 e. The first-order valence-electron chi connectivity index (χ1n) is 6.11. The molecule has 18 heavy (non-hydrogen) atoms. The number of rotatable bonds is 0. The fourth-order valence-electron chi connectivity index (χ4n) is 2.60. The fraction of sp³-hybridized carbons (Fsp3) is 0.917. The van der Waals surface area contributed by atoms with Crippen molar-refractivity contribution < 1.29 is 28.5 Å². The Morgan fingerprint density at radius 2 is 1.78 bits per heavy atom. The van der Waals surface area contributed by atoms with Crippen molar-refractivity contribution in [3.63, 3.8) is 0 Å². The van der Waals surface area contributed by atoms with E-state index in [0.29, 0.717) is 0 Å². The smallest absolute Gasteiger partial charge is 0.258 e. The van der Waals surface area contributed by atoms with E-state index >= 15 is 0 Å². The van der Waals surface area contributed by atoms with Gasteiger partial charge in [-0.25, -0.2) is 0 Å². The third-order valence-corrected chi connectivity index (χ3v) is 3.32. The van der Waals surface area contributed by atoms with Gasteiger partial charge in [-0.2, -0.15) is 0 Å². The van der Waals surface area contributed by atoms with Gasteiger partial charge in [0.2, 0.25) is 5.78 Å². The lowest BCUT2D eigenvalue weighted by Gasteiger charge is -2.35. The van der Waals surface area contributed by atoms with E-state index in [4.69, 9.17) is 23.7 Å². The third kappa shape index (κ3) is 1.80. The molecule has 6 nitrogen and oxygen atoms in total. The van der Waals surface area contributed by atoms with Crippen LogP contribution in [0.15, 0.2) is 0 Å². The van der Waals surface area contributed by atoms with Crippen molar-refractivity contribution in [2.75, 3.05) is 13.2 Å². The monoisotopic (exact) mass is 258 g/mol. The zero-order valence-corrected chi connectivity index (χ0v) is 11.0. The van der Waals surface area contributed by atoms with Crippen LogP contribution in [-0.2, 0) is 28.5 Å². The summed E-state index contributed by atoms with van der Waals surface area (Å²) in [4.78, 5) is 12.5. The number of carbonyl (C=O) groups is 1. The van der Waals surface area contributed by atoms with E-state index < -0.39 is 23.5 Å². The Morgan fingerprint density at radius 1 is 1.06 bits per heavy atom. The molecule has 0 saturated carbocycles. The Hall–Kier alpha value is -0.530. The van der Waals surface area contributed by atoms with Crippen molar-refractivity contribution in [3.8, 4) is 0 Å². The number of carbonyl (C=O) groups excluding carboxylic acids is 1. The van der Waals surface area contributed by atoms with Crippen LogP contribution >= 0.6 is 0 Å². The maximum absolute atomic E-state index is 12.5. The SMILES string of the molecule is CC1(C)O[C@H]2CO[C@@]3(COC(C)(C)O3)C(=O)[C@H]2O1. The summed E-state index contributed by atoms with van der Waals surface area (Å²) in [7, 11) is 0. The van der Waals surface area contributed by atoms with Crippen molar-refractivity contribution in [1.29, 1.82) is 0 Å². The van der Waals surface area contributed by atoms with Crippen molar-refractivity contribution in [3.05, 3.63) is 0 Å². The summed E-state index contributed by atoms with van der Waals surface area (Å²) in [5.74, 6) is -3.18. The molecule has 0 aromatic carbocycles. The molecule has 0 radical (unpaired) electrons. The van der Waals surface area contributed by atoms with Gasteiger partial charge in [-0.15, -0.1) is 0 Å². The lowest BCUT2D eigenvalue weighted by Crippen LogP contribution is -2.58. The summed E-state index contributed by atoms with van der Waals surface area (Å²) in [6.07, 6.45) is -1.02. The average molecular weight is 258 g/mol. The minimum atomic E-state index is -1.34. The Morgan fingerprint density at radius 3 is 2.39 bits per heavy atom. The highest BCUT2D eigenvalue weighted by molar-refractivity contribution is 5.92. The molecule has 0 aromatic rings. The molecular formula is C12H18O6. The number of hydrogen-bond acceptors (Lipinski definition) is 6. The maximum Gasteiger partial charge on any atom is 0.258 e. The van der Waals surface area contributed by atoms with Crippen molar-refractivity contribution in [2.24, 2.45) is 0 Å². The molecule has 3 aliphatic heterocycles. The highest BCUT2D eigenvalue weighted by Crippen LogP contribution is 2.41. The van der Waals surface area contributed by atoms with Gasteiger partial charge >= 0.3 is 0 Å². The van der Waals surface area contributed by atoms with E-state index in [1.54, 1.807) is 27.7 Å². The minimum Gasteiger partial charge on any atom is -0.344 e. The molecule has 0 unspecified atom stereocenters. The lowest BCUT2D eigenvalue weighted by atomic mass is 9.99. The Bertz CT molecular complexity index is 388. The van der Waals surface area contributed by atoms with Crippen molar-refractivity contribution >= 4 is 5.78 Å². The Kier molecular flexibility index (Phi) is 2.44. The van der Waals surface area contributed by atoms with Gasteiger partial charge in [0, 0.05) is 0 Å². The van der Waals surface area contributed by atoms with Crippen LogP contribution in [0.25, 0.3) is 0 Å². The molecule has 3 atom stereocenters. The van der Waals surface area contributed by atoms with Crippen LogP contribution in [0.2, 0.25) is 0 Å². The highest BCUT2D eigenvalue weighted by atomic mass is 16.8. The van der Waals surface area contributed by atoms with Crippen LogP contribution in [0, 0.1) is 0 Å². The van der Waals surface area contributed by atoms with Crippen LogP contribution in [0.3, 0.4) is 0 Å². The summed E-state index contributed by atoms with van der Waals surface area (Å²) >= 11 is 0. The van der Waals surface area contributed by atoms with Crippen LogP contribution in [0.1, 0.15) is 27.7 Å². The molecule has 102 valence electrons. The van der Waals surface area contributed by atoms with Gasteiger partial charge in [0.15, 0.2) is 17.7 Å². The predicted molar refractivity (Wildman–Crippen MR) is 58.6 cm³/mol. The molecular weight excluding hydrogens is 240 g/mol. The maximum atomic E-state index is 12.5. The van der Waals surface area contributed by atoms with E-state index in [9.17, 15) is 4.79 Å². The van der Waals surface area contributed by atoms with E-state index in [0.717, 1.165) is 0 Å². The zero-order chi connectivity index (χ0) is 13.2. The average Bonchev–Trinajstić information content (AvgIpc) is 2.71. The van der Waals surface area contributed by atoms with Crippen LogP contribution < -0.4 is 0 Å². The van der Waals surface area contributed by atoms with Gasteiger partial charge in [-0.3, -0.25) is 4.79 Å². The van der Waals surface area contributed by atoms with E-state index in [2.05, 4.69) is 0 Å². The molecule has 0 amide bonds. The molecule has 0 bridgehead atoms. The summed E-state index contributed by atoms with van der Waals surface area (Å²) in [5, 5.41) is 0. The first-order chi connectivity index (χ1) is 8.23. The molecule has 6 heteroatoms. The first kappa shape index (κ1) is 12.5. The predicted octanol–water partition coefficient (Wildman–Crippen LogP) is 0.585. The summed E-state index contributed by atoms with van der Waals surface area (Å²) in [5.41, 5.74) is 0. The molecule has 3 heterocycles. The number of ether oxygens (including phenoxy) is 5. The zero-order valence-electron chi connectivity index (χ0n) is 11.0. The van der Waals surface area contributed by atoms with Gasteiger partial charge in [-0.05, 0) is 27.7 Å². The molecule has 0 N–H and O–H groups in total. The first-order valence-corrected chi connectivity index (χ1v) is 6.11. The Balaban J connectivity index is 1.84. The van der Waals surface area contributed by atoms with Crippen LogP contribution in [0.5, 0.6) is 0 Å². The van der Waals surface area contributed by atoms with Crippen molar-refractivity contribution in [2.45, 2.75) is 57.3 Å². The number of Topliss-reactive ketones (excluding diaryl/α,β-unsaturated/α-hetero) is 1. The van der Waals surface area contributed by atoms with Crippen LogP contribution in [-0.4, -0.2) is 48.6 Å². The second-order valence-corrected chi connectivity index (χ2v) is 5.81. The standard InChI is InChI=1S/C12H18O6/c1-10(2)15-6-12(18-10)9(13)8-7(5-14-12)16-11(3,4)17-8/h7-8H,5-6H2,1-4H3/t7-,8-,12+/m0/s1. The van der Waals surface area contributed by atoms with Gasteiger partial charge in [0.25, 0.3) is 5.79 Å². The van der Waals surface area contributed by atoms with E-state index in [-0.39, 0.29) is 25.1 Å². The summed E-state index contributed by atoms with van der Waals surface area (Å²) in [6, 6.07) is 0. The number of fused-ring (bicyclic) bond motifs is 1. The second-order valence-electron chi connectivity index (χ2n) is 5.81. The highest BCUT2D eigenvalue weighted by Gasteiger charge is 2.62. The second kappa shape index (κ2) is 3.52.